The van der Waals surface area contributed by atoms with Crippen LogP contribution >= 0.6 is 0 Å². The number of hydrogen-bond donors (Lipinski definition) is 0. The third-order valence-electron chi connectivity index (χ3n) is 5.76. The lowest BCUT2D eigenvalue weighted by molar-refractivity contribution is 0.351. The van der Waals surface area contributed by atoms with Crippen LogP contribution in [0.4, 0.5) is 5.95 Å². The molecule has 0 unspecified atom stereocenters. The Morgan fingerprint density at radius 3 is 2.65 bits per heavy atom. The molecule has 2 aliphatic rings. The van der Waals surface area contributed by atoms with Gasteiger partial charge in [-0.3, -0.25) is 9.36 Å². The summed E-state index contributed by atoms with van der Waals surface area (Å²) in [5.41, 5.74) is 0.207. The van der Waals surface area contributed by atoms with Crippen LogP contribution < -0.4 is 16.1 Å². The summed E-state index contributed by atoms with van der Waals surface area (Å²) in [5.74, 6) is 3.92. The highest BCUT2D eigenvalue weighted by molar-refractivity contribution is 5.75. The number of nitrogens with zero attached hydrogens (tertiary/aromatic N) is 5. The third kappa shape index (κ3) is 2.64. The summed E-state index contributed by atoms with van der Waals surface area (Å²) in [7, 11) is 1.65. The third-order valence-corrected chi connectivity index (χ3v) is 5.76. The summed E-state index contributed by atoms with van der Waals surface area (Å²) in [5, 5.41) is 0. The molecule has 0 bridgehead atoms. The summed E-state index contributed by atoms with van der Waals surface area (Å²) in [6.45, 7) is 2.66. The van der Waals surface area contributed by atoms with E-state index in [1.807, 2.05) is 4.57 Å². The molecule has 0 atom stereocenters. The largest absolute Gasteiger partial charge is 0.342 e. The van der Waals surface area contributed by atoms with Crippen molar-refractivity contribution in [2.24, 2.45) is 13.0 Å². The molecule has 3 heterocycles. The molecule has 1 saturated carbocycles. The topological polar surface area (TPSA) is 65.1 Å². The number of aromatic nitrogens is 4. The molecule has 0 saturated heterocycles. The van der Waals surface area contributed by atoms with E-state index >= 15 is 0 Å². The van der Waals surface area contributed by atoms with E-state index in [0.29, 0.717) is 17.1 Å². The molecule has 0 radical (unpaired) electrons. The smallest absolute Gasteiger partial charge is 0.333 e. The fraction of sp³-hybridized carbons (Fsp3) is 0.632. The number of fused-ring (bicyclic) bond motifs is 3. The van der Waals surface area contributed by atoms with Gasteiger partial charge < -0.3 is 9.47 Å². The van der Waals surface area contributed by atoms with E-state index < -0.39 is 5.69 Å². The van der Waals surface area contributed by atoms with Crippen LogP contribution in [0, 0.1) is 18.3 Å². The molecule has 1 aliphatic carbocycles. The zero-order chi connectivity index (χ0) is 18.3. The van der Waals surface area contributed by atoms with Gasteiger partial charge in [0.25, 0.3) is 5.56 Å². The number of imidazole rings is 1. The van der Waals surface area contributed by atoms with Crippen molar-refractivity contribution >= 4 is 17.1 Å². The first-order valence-electron chi connectivity index (χ1n) is 9.50. The first kappa shape index (κ1) is 17.0. The molecule has 0 spiro atoms. The van der Waals surface area contributed by atoms with Gasteiger partial charge >= 0.3 is 5.69 Å². The van der Waals surface area contributed by atoms with Gasteiger partial charge in [0, 0.05) is 26.7 Å². The van der Waals surface area contributed by atoms with Crippen molar-refractivity contribution < 1.29 is 0 Å². The summed E-state index contributed by atoms with van der Waals surface area (Å²) >= 11 is 0. The van der Waals surface area contributed by atoms with Crippen molar-refractivity contribution in [2.45, 2.75) is 51.6 Å². The molecule has 0 aromatic carbocycles. The lowest BCUT2D eigenvalue weighted by atomic mass is 9.89. The van der Waals surface area contributed by atoms with Crippen LogP contribution in [-0.4, -0.2) is 31.8 Å². The average Bonchev–Trinajstić information content (AvgIpc) is 3.05. The maximum atomic E-state index is 12.9. The lowest BCUT2D eigenvalue weighted by Gasteiger charge is -2.33. The second kappa shape index (κ2) is 6.67. The number of hydrogen-bond acceptors (Lipinski definition) is 4. The molecule has 0 amide bonds. The molecule has 4 rings (SSSR count). The fourth-order valence-electron chi connectivity index (χ4n) is 4.42. The Kier molecular flexibility index (Phi) is 4.35. The van der Waals surface area contributed by atoms with E-state index in [-0.39, 0.29) is 12.1 Å². The number of aryl methyl sites for hydroxylation is 2. The average molecular weight is 355 g/mol. The van der Waals surface area contributed by atoms with Crippen LogP contribution in [0.3, 0.4) is 0 Å². The van der Waals surface area contributed by atoms with E-state index in [1.165, 1.54) is 36.7 Å². The van der Waals surface area contributed by atoms with E-state index in [0.717, 1.165) is 36.6 Å². The fourth-order valence-corrected chi connectivity index (χ4v) is 4.42. The number of terminal acetylenes is 1. The van der Waals surface area contributed by atoms with Crippen molar-refractivity contribution in [2.75, 3.05) is 18.0 Å². The Hall–Kier alpha value is -2.49. The molecular weight excluding hydrogens is 330 g/mol. The quantitative estimate of drug-likeness (QED) is 0.779. The highest BCUT2D eigenvalue weighted by Gasteiger charge is 2.27. The van der Waals surface area contributed by atoms with Gasteiger partial charge in [-0.15, -0.1) is 6.42 Å². The van der Waals surface area contributed by atoms with Crippen LogP contribution in [0.25, 0.3) is 11.2 Å². The zero-order valence-electron chi connectivity index (χ0n) is 15.3. The second-order valence-electron chi connectivity index (χ2n) is 7.48. The van der Waals surface area contributed by atoms with Crippen molar-refractivity contribution in [1.29, 1.82) is 0 Å². The highest BCUT2D eigenvalue weighted by atomic mass is 16.2. The highest BCUT2D eigenvalue weighted by Crippen LogP contribution is 2.29. The Bertz CT molecular complexity index is 984. The van der Waals surface area contributed by atoms with E-state index in [1.54, 1.807) is 7.05 Å². The Morgan fingerprint density at radius 1 is 1.15 bits per heavy atom. The maximum Gasteiger partial charge on any atom is 0.333 e. The van der Waals surface area contributed by atoms with Crippen LogP contribution in [0.1, 0.15) is 38.5 Å². The minimum Gasteiger partial charge on any atom is -0.342 e. The molecule has 2 aromatic rings. The second-order valence-corrected chi connectivity index (χ2v) is 7.48. The lowest BCUT2D eigenvalue weighted by Crippen LogP contribution is -2.40. The maximum absolute atomic E-state index is 12.9. The molecule has 138 valence electrons. The van der Waals surface area contributed by atoms with Crippen LogP contribution in [0.2, 0.25) is 0 Å². The van der Waals surface area contributed by atoms with Gasteiger partial charge in [0.15, 0.2) is 11.2 Å². The predicted molar refractivity (Wildman–Crippen MR) is 101 cm³/mol. The normalized spacial score (nSPS) is 18.1. The molecule has 1 fully saturated rings. The van der Waals surface area contributed by atoms with Gasteiger partial charge in [0.05, 0.1) is 6.54 Å². The van der Waals surface area contributed by atoms with Crippen LogP contribution in [0.15, 0.2) is 9.59 Å². The van der Waals surface area contributed by atoms with Gasteiger partial charge in [-0.25, -0.2) is 9.36 Å². The van der Waals surface area contributed by atoms with Gasteiger partial charge in [-0.2, -0.15) is 4.98 Å². The van der Waals surface area contributed by atoms with Crippen molar-refractivity contribution in [3.8, 4) is 12.3 Å². The van der Waals surface area contributed by atoms with Crippen molar-refractivity contribution in [3.05, 3.63) is 20.8 Å². The monoisotopic (exact) mass is 355 g/mol. The van der Waals surface area contributed by atoms with Gasteiger partial charge in [0.1, 0.15) is 0 Å². The first-order valence-corrected chi connectivity index (χ1v) is 9.50. The molecule has 26 heavy (non-hydrogen) atoms. The van der Waals surface area contributed by atoms with Crippen LogP contribution in [0.5, 0.6) is 0 Å². The molecule has 7 heteroatoms. The number of rotatable bonds is 3. The van der Waals surface area contributed by atoms with Gasteiger partial charge in [0.2, 0.25) is 5.95 Å². The van der Waals surface area contributed by atoms with Crippen molar-refractivity contribution in [1.82, 2.24) is 18.7 Å². The predicted octanol–water partition coefficient (Wildman–Crippen LogP) is 1.32. The first-order chi connectivity index (χ1) is 12.6. The summed E-state index contributed by atoms with van der Waals surface area (Å²) in [4.78, 5) is 32.4. The molecule has 7 nitrogen and oxygen atoms in total. The number of anilines is 1. The molecular formula is C19H25N5O2. The summed E-state index contributed by atoms with van der Waals surface area (Å²) in [6.07, 6.45) is 12.8. The Morgan fingerprint density at radius 2 is 1.92 bits per heavy atom. The van der Waals surface area contributed by atoms with Gasteiger partial charge in [-0.05, 0) is 25.2 Å². The minimum absolute atomic E-state index is 0.0201. The molecule has 1 aliphatic heterocycles. The van der Waals surface area contributed by atoms with E-state index in [9.17, 15) is 9.59 Å². The van der Waals surface area contributed by atoms with E-state index in [4.69, 9.17) is 11.4 Å². The summed E-state index contributed by atoms with van der Waals surface area (Å²) < 4.78 is 4.55. The Labute approximate surface area is 152 Å². The van der Waals surface area contributed by atoms with Crippen molar-refractivity contribution in [3.63, 3.8) is 0 Å². The standard InChI is InChI=1S/C19H25N5O2/c1-3-10-24-17(25)15-16(21(2)19(24)26)20-18-22(11-7-12-23(15)18)13-14-8-5-4-6-9-14/h1,14H,4-13H2,2H3. The van der Waals surface area contributed by atoms with Crippen LogP contribution in [-0.2, 0) is 20.1 Å². The SMILES string of the molecule is C#CCn1c(=O)c2c(nc3n2CCCN3CC2CCCCC2)n(C)c1=O. The minimum atomic E-state index is -0.408. The zero-order valence-corrected chi connectivity index (χ0v) is 15.3. The van der Waals surface area contributed by atoms with Gasteiger partial charge in [-0.1, -0.05) is 25.2 Å². The Balaban J connectivity index is 1.82. The summed E-state index contributed by atoms with van der Waals surface area (Å²) in [6, 6.07) is 0. The molecule has 2 aromatic heterocycles. The van der Waals surface area contributed by atoms with E-state index in [2.05, 4.69) is 10.8 Å². The molecule has 0 N–H and O–H groups in total.